The van der Waals surface area contributed by atoms with Crippen molar-refractivity contribution >= 4 is 11.8 Å². The summed E-state index contributed by atoms with van der Waals surface area (Å²) in [5.74, 6) is 1.70. The second kappa shape index (κ2) is 7.79. The maximum atomic E-state index is 13.0. The molecule has 0 spiro atoms. The first kappa shape index (κ1) is 18.1. The Labute approximate surface area is 160 Å². The zero-order valence-corrected chi connectivity index (χ0v) is 15.9. The van der Waals surface area contributed by atoms with Gasteiger partial charge >= 0.3 is 0 Å². The van der Waals surface area contributed by atoms with E-state index in [1.165, 1.54) is 6.42 Å². The molecule has 0 radical (unpaired) electrons. The van der Waals surface area contributed by atoms with Crippen LogP contribution in [0.15, 0.2) is 24.3 Å². The van der Waals surface area contributed by atoms with Gasteiger partial charge in [0.1, 0.15) is 6.10 Å². The van der Waals surface area contributed by atoms with Crippen LogP contribution in [0.4, 0.5) is 0 Å². The fourth-order valence-corrected chi connectivity index (χ4v) is 4.33. The molecule has 1 aliphatic carbocycles. The van der Waals surface area contributed by atoms with Crippen LogP contribution in [0.3, 0.4) is 0 Å². The highest BCUT2D eigenvalue weighted by Crippen LogP contribution is 2.34. The molecule has 1 saturated heterocycles. The fourth-order valence-electron chi connectivity index (χ4n) is 4.33. The van der Waals surface area contributed by atoms with Crippen LogP contribution in [0.2, 0.25) is 0 Å². The number of fused-ring (bicyclic) bond motifs is 1. The Kier molecular flexibility index (Phi) is 5.23. The third-order valence-electron chi connectivity index (χ3n) is 5.94. The molecule has 2 amide bonds. The number of para-hydroxylation sites is 2. The second-order valence-corrected chi connectivity index (χ2v) is 7.79. The average molecular weight is 372 g/mol. The Bertz CT molecular complexity index is 693. The van der Waals surface area contributed by atoms with Crippen LogP contribution < -0.4 is 9.47 Å². The topological polar surface area (TPSA) is 59.1 Å². The Morgan fingerprint density at radius 3 is 2.04 bits per heavy atom. The summed E-state index contributed by atoms with van der Waals surface area (Å²) in [5.41, 5.74) is 0. The van der Waals surface area contributed by atoms with E-state index in [9.17, 15) is 9.59 Å². The lowest BCUT2D eigenvalue weighted by Crippen LogP contribution is -2.57. The molecule has 1 aromatic rings. The van der Waals surface area contributed by atoms with Crippen LogP contribution >= 0.6 is 0 Å². The molecule has 27 heavy (non-hydrogen) atoms. The van der Waals surface area contributed by atoms with Crippen molar-refractivity contribution in [3.8, 4) is 11.5 Å². The molecule has 2 heterocycles. The summed E-state index contributed by atoms with van der Waals surface area (Å²) >= 11 is 0. The number of ether oxygens (including phenoxy) is 2. The van der Waals surface area contributed by atoms with Gasteiger partial charge in [-0.15, -0.1) is 0 Å². The van der Waals surface area contributed by atoms with Gasteiger partial charge in [0.15, 0.2) is 11.5 Å². The molecule has 146 valence electrons. The van der Waals surface area contributed by atoms with Gasteiger partial charge in [-0.3, -0.25) is 9.59 Å². The van der Waals surface area contributed by atoms with Crippen molar-refractivity contribution in [1.82, 2.24) is 9.80 Å². The quantitative estimate of drug-likeness (QED) is 0.800. The number of hydrogen-bond acceptors (Lipinski definition) is 4. The number of carbonyl (C=O) groups is 2. The van der Waals surface area contributed by atoms with E-state index in [-0.39, 0.29) is 23.8 Å². The molecule has 0 aromatic heterocycles. The maximum Gasteiger partial charge on any atom is 0.267 e. The van der Waals surface area contributed by atoms with Gasteiger partial charge < -0.3 is 19.3 Å². The highest BCUT2D eigenvalue weighted by molar-refractivity contribution is 5.83. The number of benzene rings is 1. The standard InChI is InChI=1S/C21H28N2O4/c1-15-19(27-18-10-6-5-9-17(18)26-15)21(25)23-13-11-22(12-14-23)20(24)16-7-3-2-4-8-16/h5-6,9-10,15-16,19H,2-4,7-8,11-14H2,1H3. The third-order valence-corrected chi connectivity index (χ3v) is 5.94. The van der Waals surface area contributed by atoms with Crippen molar-refractivity contribution < 1.29 is 19.1 Å². The molecule has 3 aliphatic rings. The van der Waals surface area contributed by atoms with Crippen molar-refractivity contribution in [3.63, 3.8) is 0 Å². The Morgan fingerprint density at radius 2 is 1.41 bits per heavy atom. The van der Waals surface area contributed by atoms with E-state index < -0.39 is 6.10 Å². The van der Waals surface area contributed by atoms with Crippen molar-refractivity contribution in [1.29, 1.82) is 0 Å². The maximum absolute atomic E-state index is 13.0. The van der Waals surface area contributed by atoms with Crippen molar-refractivity contribution in [2.24, 2.45) is 5.92 Å². The minimum Gasteiger partial charge on any atom is -0.482 e. The molecular weight excluding hydrogens is 344 g/mol. The molecule has 2 aliphatic heterocycles. The molecule has 2 fully saturated rings. The smallest absolute Gasteiger partial charge is 0.267 e. The first-order chi connectivity index (χ1) is 13.1. The Balaban J connectivity index is 1.34. The van der Waals surface area contributed by atoms with E-state index in [1.807, 2.05) is 41.0 Å². The Hall–Kier alpha value is -2.24. The van der Waals surface area contributed by atoms with Gasteiger partial charge in [0.05, 0.1) is 0 Å². The third kappa shape index (κ3) is 3.75. The predicted molar refractivity (Wildman–Crippen MR) is 101 cm³/mol. The van der Waals surface area contributed by atoms with E-state index >= 15 is 0 Å². The van der Waals surface area contributed by atoms with Gasteiger partial charge in [0.25, 0.3) is 5.91 Å². The second-order valence-electron chi connectivity index (χ2n) is 7.79. The lowest BCUT2D eigenvalue weighted by atomic mass is 9.88. The van der Waals surface area contributed by atoms with Crippen LogP contribution in [0.25, 0.3) is 0 Å². The van der Waals surface area contributed by atoms with Crippen molar-refractivity contribution in [2.45, 2.75) is 51.2 Å². The lowest BCUT2D eigenvalue weighted by molar-refractivity contribution is -0.150. The van der Waals surface area contributed by atoms with Crippen LogP contribution in [0.5, 0.6) is 11.5 Å². The highest BCUT2D eigenvalue weighted by Gasteiger charge is 2.38. The summed E-state index contributed by atoms with van der Waals surface area (Å²) in [6, 6.07) is 7.43. The van der Waals surface area contributed by atoms with Gasteiger partial charge in [-0.25, -0.2) is 0 Å². The molecule has 1 saturated carbocycles. The van der Waals surface area contributed by atoms with E-state index in [2.05, 4.69) is 0 Å². The molecule has 2 unspecified atom stereocenters. The van der Waals surface area contributed by atoms with Crippen molar-refractivity contribution in [3.05, 3.63) is 24.3 Å². The van der Waals surface area contributed by atoms with Gasteiger partial charge in [0.2, 0.25) is 12.0 Å². The van der Waals surface area contributed by atoms with E-state index in [4.69, 9.17) is 9.47 Å². The molecular formula is C21H28N2O4. The van der Waals surface area contributed by atoms with Crippen LogP contribution in [-0.4, -0.2) is 60.0 Å². The number of carbonyl (C=O) groups excluding carboxylic acids is 2. The first-order valence-electron chi connectivity index (χ1n) is 10.1. The number of piperazine rings is 1. The zero-order chi connectivity index (χ0) is 18.8. The number of hydrogen-bond donors (Lipinski definition) is 0. The lowest BCUT2D eigenvalue weighted by Gasteiger charge is -2.40. The zero-order valence-electron chi connectivity index (χ0n) is 15.9. The number of amides is 2. The molecule has 0 N–H and O–H groups in total. The monoisotopic (exact) mass is 372 g/mol. The molecule has 6 nitrogen and oxygen atoms in total. The van der Waals surface area contributed by atoms with E-state index in [0.29, 0.717) is 37.7 Å². The predicted octanol–water partition coefficient (Wildman–Crippen LogP) is 2.47. The minimum absolute atomic E-state index is 0.0539. The van der Waals surface area contributed by atoms with Crippen molar-refractivity contribution in [2.75, 3.05) is 26.2 Å². The summed E-state index contributed by atoms with van der Waals surface area (Å²) in [6.07, 6.45) is 4.62. The number of nitrogens with zero attached hydrogens (tertiary/aromatic N) is 2. The normalized spacial score (nSPS) is 26.0. The minimum atomic E-state index is -0.638. The first-order valence-corrected chi connectivity index (χ1v) is 10.1. The molecule has 4 rings (SSSR count). The van der Waals surface area contributed by atoms with Gasteiger partial charge in [0, 0.05) is 32.1 Å². The summed E-state index contributed by atoms with van der Waals surface area (Å²) < 4.78 is 11.8. The van der Waals surface area contributed by atoms with Gasteiger partial charge in [-0.2, -0.15) is 0 Å². The van der Waals surface area contributed by atoms with Crippen LogP contribution in [0.1, 0.15) is 39.0 Å². The molecule has 6 heteroatoms. The average Bonchev–Trinajstić information content (AvgIpc) is 2.73. The number of rotatable bonds is 2. The van der Waals surface area contributed by atoms with E-state index in [0.717, 1.165) is 25.7 Å². The SMILES string of the molecule is CC1Oc2ccccc2OC1C(=O)N1CCN(C(=O)C2CCCCC2)CC1. The summed E-state index contributed by atoms with van der Waals surface area (Å²) in [7, 11) is 0. The molecule has 2 atom stereocenters. The Morgan fingerprint density at radius 1 is 0.852 bits per heavy atom. The molecule has 1 aromatic carbocycles. The summed E-state index contributed by atoms with van der Waals surface area (Å²) in [5, 5.41) is 0. The highest BCUT2D eigenvalue weighted by atomic mass is 16.6. The summed E-state index contributed by atoms with van der Waals surface area (Å²) in [6.45, 7) is 4.21. The van der Waals surface area contributed by atoms with Gasteiger partial charge in [-0.05, 0) is 31.9 Å². The fraction of sp³-hybridized carbons (Fsp3) is 0.619. The summed E-state index contributed by atoms with van der Waals surface area (Å²) in [4.78, 5) is 29.4. The van der Waals surface area contributed by atoms with E-state index in [1.54, 1.807) is 0 Å². The largest absolute Gasteiger partial charge is 0.482 e. The van der Waals surface area contributed by atoms with Gasteiger partial charge in [-0.1, -0.05) is 31.4 Å². The van der Waals surface area contributed by atoms with Crippen LogP contribution in [0, 0.1) is 5.92 Å². The molecule has 0 bridgehead atoms. The van der Waals surface area contributed by atoms with Crippen LogP contribution in [-0.2, 0) is 9.59 Å².